The minimum absolute atomic E-state index is 0.396. The Balaban J connectivity index is 1.95. The molecule has 0 spiro atoms. The summed E-state index contributed by atoms with van der Waals surface area (Å²) in [6.45, 7) is 2.80. The molecule has 14 heavy (non-hydrogen) atoms. The molecule has 1 aliphatic carbocycles. The zero-order chi connectivity index (χ0) is 9.97. The molecule has 1 atom stereocenters. The Morgan fingerprint density at radius 1 is 1.57 bits per heavy atom. The molecule has 1 aromatic heterocycles. The van der Waals surface area contributed by atoms with Gasteiger partial charge in [-0.15, -0.1) is 0 Å². The molecule has 2 rings (SSSR count). The van der Waals surface area contributed by atoms with E-state index in [-0.39, 0.29) is 0 Å². The molecule has 0 amide bonds. The van der Waals surface area contributed by atoms with Crippen LogP contribution in [0.5, 0.6) is 0 Å². The van der Waals surface area contributed by atoms with Crippen molar-refractivity contribution in [1.82, 2.24) is 9.78 Å². The van der Waals surface area contributed by atoms with Crippen LogP contribution in [0.15, 0.2) is 12.4 Å². The van der Waals surface area contributed by atoms with Crippen LogP contribution >= 0.6 is 0 Å². The summed E-state index contributed by atoms with van der Waals surface area (Å²) in [6, 6.07) is 0. The van der Waals surface area contributed by atoms with Gasteiger partial charge in [0.05, 0.1) is 12.3 Å². The van der Waals surface area contributed by atoms with Crippen LogP contribution in [0.25, 0.3) is 0 Å². The minimum Gasteiger partial charge on any atom is -0.389 e. The third kappa shape index (κ3) is 2.15. The lowest BCUT2D eigenvalue weighted by atomic mass is 10.1. The minimum atomic E-state index is -0.396. The number of aromatic nitrogens is 2. The van der Waals surface area contributed by atoms with Gasteiger partial charge in [0.25, 0.3) is 0 Å². The molecule has 1 N–H and O–H groups in total. The Morgan fingerprint density at radius 3 is 2.86 bits per heavy atom. The van der Waals surface area contributed by atoms with Gasteiger partial charge in [0.2, 0.25) is 0 Å². The highest BCUT2D eigenvalue weighted by Crippen LogP contribution is 2.26. The number of aliphatic hydroxyl groups is 1. The van der Waals surface area contributed by atoms with Gasteiger partial charge in [-0.3, -0.25) is 4.68 Å². The van der Waals surface area contributed by atoms with Gasteiger partial charge in [-0.1, -0.05) is 12.8 Å². The van der Waals surface area contributed by atoms with Crippen molar-refractivity contribution >= 4 is 0 Å². The normalized spacial score (nSPS) is 20.1. The molecular weight excluding hydrogens is 176 g/mol. The largest absolute Gasteiger partial charge is 0.389 e. The monoisotopic (exact) mass is 194 g/mol. The molecule has 0 saturated heterocycles. The summed E-state index contributed by atoms with van der Waals surface area (Å²) in [5, 5.41) is 13.6. The second-order valence-electron chi connectivity index (χ2n) is 4.32. The van der Waals surface area contributed by atoms with Gasteiger partial charge >= 0.3 is 0 Å². The third-order valence-electron chi connectivity index (χ3n) is 3.06. The first-order chi connectivity index (χ1) is 6.75. The maximum absolute atomic E-state index is 9.34. The Bertz CT molecular complexity index is 287. The van der Waals surface area contributed by atoms with Gasteiger partial charge in [0, 0.05) is 18.3 Å². The van der Waals surface area contributed by atoms with Crippen LogP contribution in [0.3, 0.4) is 0 Å². The molecule has 0 aromatic carbocycles. The van der Waals surface area contributed by atoms with Crippen molar-refractivity contribution in [2.24, 2.45) is 5.92 Å². The maximum atomic E-state index is 9.34. The van der Waals surface area contributed by atoms with Crippen LogP contribution in [0.4, 0.5) is 0 Å². The molecule has 1 fully saturated rings. The van der Waals surface area contributed by atoms with E-state index in [9.17, 15) is 5.11 Å². The second kappa shape index (κ2) is 4.13. The summed E-state index contributed by atoms with van der Waals surface area (Å²) in [6.07, 6.45) is 8.74. The van der Waals surface area contributed by atoms with E-state index >= 15 is 0 Å². The van der Waals surface area contributed by atoms with E-state index in [2.05, 4.69) is 5.10 Å². The van der Waals surface area contributed by atoms with E-state index in [1.54, 1.807) is 13.1 Å². The van der Waals surface area contributed by atoms with Crippen LogP contribution in [0.1, 0.15) is 44.3 Å². The number of nitrogens with zero attached hydrogens (tertiary/aromatic N) is 2. The van der Waals surface area contributed by atoms with E-state index in [4.69, 9.17) is 0 Å². The molecule has 1 saturated carbocycles. The molecule has 3 nitrogen and oxygen atoms in total. The van der Waals surface area contributed by atoms with Crippen molar-refractivity contribution in [1.29, 1.82) is 0 Å². The fourth-order valence-electron chi connectivity index (χ4n) is 2.15. The van der Waals surface area contributed by atoms with E-state index in [0.29, 0.717) is 0 Å². The quantitative estimate of drug-likeness (QED) is 0.800. The molecule has 78 valence electrons. The third-order valence-corrected chi connectivity index (χ3v) is 3.06. The highest BCUT2D eigenvalue weighted by atomic mass is 16.3. The summed E-state index contributed by atoms with van der Waals surface area (Å²) >= 11 is 0. The van der Waals surface area contributed by atoms with Gasteiger partial charge in [-0.25, -0.2) is 0 Å². The second-order valence-corrected chi connectivity index (χ2v) is 4.32. The average molecular weight is 194 g/mol. The van der Waals surface area contributed by atoms with Crippen LogP contribution in [0.2, 0.25) is 0 Å². The molecule has 1 aromatic rings. The Morgan fingerprint density at radius 2 is 2.29 bits per heavy atom. The lowest BCUT2D eigenvalue weighted by Gasteiger charge is -2.08. The predicted molar refractivity (Wildman–Crippen MR) is 54.8 cm³/mol. The summed E-state index contributed by atoms with van der Waals surface area (Å²) in [4.78, 5) is 0. The topological polar surface area (TPSA) is 38.1 Å². The van der Waals surface area contributed by atoms with E-state index in [1.165, 1.54) is 25.7 Å². The molecule has 1 heterocycles. The molecule has 1 aliphatic rings. The fourth-order valence-corrected chi connectivity index (χ4v) is 2.15. The molecular formula is C11H18N2O. The number of aliphatic hydroxyl groups excluding tert-OH is 1. The molecule has 1 unspecified atom stereocenters. The summed E-state index contributed by atoms with van der Waals surface area (Å²) in [5.74, 6) is 0.803. The maximum Gasteiger partial charge on any atom is 0.0792 e. The standard InChI is InChI=1S/C11H18N2O/c1-9(14)11-6-12-13(8-11)7-10-4-2-3-5-10/h6,8-10,14H,2-5,7H2,1H3. The summed E-state index contributed by atoms with van der Waals surface area (Å²) in [5.41, 5.74) is 0.919. The van der Waals surface area contributed by atoms with Crippen molar-refractivity contribution in [3.8, 4) is 0 Å². The first kappa shape index (κ1) is 9.71. The fraction of sp³-hybridized carbons (Fsp3) is 0.727. The van der Waals surface area contributed by atoms with Gasteiger partial charge in [-0.2, -0.15) is 5.10 Å². The van der Waals surface area contributed by atoms with Gasteiger partial charge in [-0.05, 0) is 25.7 Å². The molecule has 0 bridgehead atoms. The zero-order valence-electron chi connectivity index (χ0n) is 8.69. The average Bonchev–Trinajstić information content (AvgIpc) is 2.75. The highest BCUT2D eigenvalue weighted by Gasteiger charge is 2.16. The number of rotatable bonds is 3. The van der Waals surface area contributed by atoms with E-state index in [0.717, 1.165) is 18.0 Å². The number of hydrogen-bond acceptors (Lipinski definition) is 2. The van der Waals surface area contributed by atoms with Crippen LogP contribution in [-0.4, -0.2) is 14.9 Å². The molecule has 0 radical (unpaired) electrons. The summed E-state index contributed by atoms with van der Waals surface area (Å²) in [7, 11) is 0. The van der Waals surface area contributed by atoms with Crippen LogP contribution in [0, 0.1) is 5.92 Å². The lowest BCUT2D eigenvalue weighted by molar-refractivity contribution is 0.199. The van der Waals surface area contributed by atoms with Crippen molar-refractivity contribution < 1.29 is 5.11 Å². The van der Waals surface area contributed by atoms with E-state index in [1.807, 2.05) is 10.9 Å². The van der Waals surface area contributed by atoms with E-state index < -0.39 is 6.10 Å². The van der Waals surface area contributed by atoms with Crippen molar-refractivity contribution in [3.05, 3.63) is 18.0 Å². The van der Waals surface area contributed by atoms with Crippen molar-refractivity contribution in [2.75, 3.05) is 0 Å². The molecule has 3 heteroatoms. The Hall–Kier alpha value is -0.830. The van der Waals surface area contributed by atoms with Gasteiger partial charge in [0.1, 0.15) is 0 Å². The first-order valence-electron chi connectivity index (χ1n) is 5.46. The first-order valence-corrected chi connectivity index (χ1v) is 5.46. The highest BCUT2D eigenvalue weighted by molar-refractivity contribution is 5.06. The summed E-state index contributed by atoms with van der Waals surface area (Å²) < 4.78 is 1.97. The Labute approximate surface area is 84.7 Å². The predicted octanol–water partition coefficient (Wildman–Crippen LogP) is 2.13. The van der Waals surface area contributed by atoms with Crippen molar-refractivity contribution in [2.45, 2.75) is 45.3 Å². The van der Waals surface area contributed by atoms with Crippen LogP contribution in [-0.2, 0) is 6.54 Å². The Kier molecular flexibility index (Phi) is 2.87. The zero-order valence-corrected chi connectivity index (χ0v) is 8.69. The lowest BCUT2D eigenvalue weighted by Crippen LogP contribution is -2.07. The number of hydrogen-bond donors (Lipinski definition) is 1. The van der Waals surface area contributed by atoms with Gasteiger partial charge in [0.15, 0.2) is 0 Å². The SMILES string of the molecule is CC(O)c1cnn(CC2CCCC2)c1. The molecule has 0 aliphatic heterocycles. The smallest absolute Gasteiger partial charge is 0.0792 e. The van der Waals surface area contributed by atoms with Crippen LogP contribution < -0.4 is 0 Å². The van der Waals surface area contributed by atoms with Gasteiger partial charge < -0.3 is 5.11 Å². The van der Waals surface area contributed by atoms with Crippen molar-refractivity contribution in [3.63, 3.8) is 0 Å².